The third-order valence-electron chi connectivity index (χ3n) is 2.97. The number of nitrogens with zero attached hydrogens (tertiary/aromatic N) is 2. The van der Waals surface area contributed by atoms with Crippen molar-refractivity contribution < 1.29 is 4.79 Å². The molecule has 2 aromatic rings. The number of para-hydroxylation sites is 1. The molecule has 0 fully saturated rings. The normalized spacial score (nSPS) is 15.6. The van der Waals surface area contributed by atoms with Gasteiger partial charge in [0.15, 0.2) is 5.78 Å². The molecule has 2 heterocycles. The maximum atomic E-state index is 12.1. The SMILES string of the molecule is CN1/C(=C/C(=O)c2cccnc2)Sc2ccccc21. The van der Waals surface area contributed by atoms with Gasteiger partial charge in [0.2, 0.25) is 0 Å². The lowest BCUT2D eigenvalue weighted by Gasteiger charge is -2.12. The molecule has 4 heteroatoms. The molecule has 0 saturated carbocycles. The molecule has 0 unspecified atom stereocenters. The van der Waals surface area contributed by atoms with Crippen LogP contribution in [0.1, 0.15) is 10.4 Å². The Morgan fingerprint density at radius 1 is 1.26 bits per heavy atom. The van der Waals surface area contributed by atoms with Gasteiger partial charge in [-0.25, -0.2) is 0 Å². The number of thioether (sulfide) groups is 1. The van der Waals surface area contributed by atoms with Crippen molar-refractivity contribution in [1.29, 1.82) is 0 Å². The topological polar surface area (TPSA) is 33.2 Å². The predicted molar refractivity (Wildman–Crippen MR) is 77.4 cm³/mol. The highest BCUT2D eigenvalue weighted by atomic mass is 32.2. The van der Waals surface area contributed by atoms with Crippen molar-refractivity contribution >= 4 is 23.2 Å². The van der Waals surface area contributed by atoms with E-state index in [1.54, 1.807) is 42.4 Å². The minimum absolute atomic E-state index is 0.0183. The third-order valence-corrected chi connectivity index (χ3v) is 4.14. The van der Waals surface area contributed by atoms with Gasteiger partial charge in [0.1, 0.15) is 0 Å². The Kier molecular flexibility index (Phi) is 3.09. The lowest BCUT2D eigenvalue weighted by Crippen LogP contribution is -2.11. The first-order valence-corrected chi connectivity index (χ1v) is 6.74. The molecule has 1 aromatic carbocycles. The van der Waals surface area contributed by atoms with Crippen molar-refractivity contribution in [3.05, 3.63) is 65.5 Å². The number of fused-ring (bicyclic) bond motifs is 1. The minimum Gasteiger partial charge on any atom is -0.338 e. The highest BCUT2D eigenvalue weighted by Crippen LogP contribution is 2.44. The van der Waals surface area contributed by atoms with Crippen LogP contribution in [0.3, 0.4) is 0 Å². The number of allylic oxidation sites excluding steroid dienone is 1. The zero-order valence-corrected chi connectivity index (χ0v) is 11.2. The average Bonchev–Trinajstić information content (AvgIpc) is 2.77. The molecule has 0 bridgehead atoms. The maximum Gasteiger partial charge on any atom is 0.190 e. The van der Waals surface area contributed by atoms with E-state index < -0.39 is 0 Å². The second-order valence-electron chi connectivity index (χ2n) is 4.22. The highest BCUT2D eigenvalue weighted by Gasteiger charge is 2.22. The van der Waals surface area contributed by atoms with Gasteiger partial charge in [0.25, 0.3) is 0 Å². The van der Waals surface area contributed by atoms with E-state index in [1.807, 2.05) is 24.1 Å². The lowest BCUT2D eigenvalue weighted by atomic mass is 10.2. The largest absolute Gasteiger partial charge is 0.338 e. The molecule has 19 heavy (non-hydrogen) atoms. The standard InChI is InChI=1S/C15H12N2OS/c1-17-12-6-2-3-7-14(12)19-15(17)9-13(18)11-5-4-8-16-10-11/h2-10H,1H3/b15-9-. The van der Waals surface area contributed by atoms with Crippen molar-refractivity contribution in [3.63, 3.8) is 0 Å². The van der Waals surface area contributed by atoms with Crippen LogP contribution >= 0.6 is 11.8 Å². The predicted octanol–water partition coefficient (Wildman–Crippen LogP) is 3.35. The summed E-state index contributed by atoms with van der Waals surface area (Å²) in [6.07, 6.45) is 4.92. The van der Waals surface area contributed by atoms with Crippen LogP contribution in [0.5, 0.6) is 0 Å². The van der Waals surface area contributed by atoms with Gasteiger partial charge in [-0.2, -0.15) is 0 Å². The van der Waals surface area contributed by atoms with Crippen LogP contribution in [-0.4, -0.2) is 17.8 Å². The molecule has 3 rings (SSSR count). The Hall–Kier alpha value is -2.07. The van der Waals surface area contributed by atoms with Gasteiger partial charge in [-0.1, -0.05) is 23.9 Å². The number of carbonyl (C=O) groups excluding carboxylic acids is 1. The van der Waals surface area contributed by atoms with Gasteiger partial charge >= 0.3 is 0 Å². The number of benzene rings is 1. The Balaban J connectivity index is 1.89. The molecule has 0 aliphatic carbocycles. The number of anilines is 1. The first-order chi connectivity index (χ1) is 9.25. The Labute approximate surface area is 116 Å². The van der Waals surface area contributed by atoms with Crippen molar-refractivity contribution in [2.75, 3.05) is 11.9 Å². The van der Waals surface area contributed by atoms with Crippen LogP contribution in [-0.2, 0) is 0 Å². The zero-order chi connectivity index (χ0) is 13.2. The monoisotopic (exact) mass is 268 g/mol. The van der Waals surface area contributed by atoms with E-state index in [4.69, 9.17) is 0 Å². The number of aromatic nitrogens is 1. The summed E-state index contributed by atoms with van der Waals surface area (Å²) in [6.45, 7) is 0. The lowest BCUT2D eigenvalue weighted by molar-refractivity contribution is 0.104. The van der Waals surface area contributed by atoms with E-state index >= 15 is 0 Å². The summed E-state index contributed by atoms with van der Waals surface area (Å²) in [7, 11) is 1.97. The molecular formula is C15H12N2OS. The van der Waals surface area contributed by atoms with Gasteiger partial charge in [0, 0.05) is 36.0 Å². The van der Waals surface area contributed by atoms with Crippen LogP contribution in [0.15, 0.2) is 64.8 Å². The number of ketones is 1. The van der Waals surface area contributed by atoms with Crippen LogP contribution in [0.2, 0.25) is 0 Å². The Morgan fingerprint density at radius 2 is 2.11 bits per heavy atom. The third kappa shape index (κ3) is 2.27. The minimum atomic E-state index is -0.0183. The summed E-state index contributed by atoms with van der Waals surface area (Å²) >= 11 is 1.61. The van der Waals surface area contributed by atoms with E-state index in [1.165, 1.54) is 4.90 Å². The molecule has 94 valence electrons. The molecular weight excluding hydrogens is 256 g/mol. The Morgan fingerprint density at radius 3 is 2.84 bits per heavy atom. The number of rotatable bonds is 2. The fourth-order valence-electron chi connectivity index (χ4n) is 1.95. The van der Waals surface area contributed by atoms with Crippen molar-refractivity contribution in [2.45, 2.75) is 4.90 Å². The molecule has 0 N–H and O–H groups in total. The van der Waals surface area contributed by atoms with E-state index in [-0.39, 0.29) is 5.78 Å². The van der Waals surface area contributed by atoms with Gasteiger partial charge in [0.05, 0.1) is 10.7 Å². The summed E-state index contributed by atoms with van der Waals surface area (Å²) < 4.78 is 0. The van der Waals surface area contributed by atoms with Crippen LogP contribution in [0, 0.1) is 0 Å². The second-order valence-corrected chi connectivity index (χ2v) is 5.28. The summed E-state index contributed by atoms with van der Waals surface area (Å²) in [5, 5.41) is 0.940. The van der Waals surface area contributed by atoms with Crippen molar-refractivity contribution in [2.24, 2.45) is 0 Å². The Bertz CT molecular complexity index is 652. The van der Waals surface area contributed by atoms with E-state index in [0.717, 1.165) is 10.7 Å². The molecule has 0 spiro atoms. The molecule has 0 atom stereocenters. The molecule has 0 amide bonds. The van der Waals surface area contributed by atoms with Gasteiger partial charge < -0.3 is 4.90 Å². The maximum absolute atomic E-state index is 12.1. The highest BCUT2D eigenvalue weighted by molar-refractivity contribution is 8.03. The summed E-state index contributed by atoms with van der Waals surface area (Å²) in [6, 6.07) is 11.7. The first-order valence-electron chi connectivity index (χ1n) is 5.92. The first kappa shape index (κ1) is 12.0. The van der Waals surface area contributed by atoms with Crippen LogP contribution in [0.4, 0.5) is 5.69 Å². The van der Waals surface area contributed by atoms with Crippen molar-refractivity contribution in [1.82, 2.24) is 4.98 Å². The zero-order valence-electron chi connectivity index (χ0n) is 10.4. The molecule has 0 radical (unpaired) electrons. The van der Waals surface area contributed by atoms with Gasteiger partial charge in [-0.15, -0.1) is 0 Å². The quantitative estimate of drug-likeness (QED) is 0.618. The summed E-state index contributed by atoms with van der Waals surface area (Å²) in [5.41, 5.74) is 1.75. The molecule has 1 aliphatic rings. The number of hydrogen-bond acceptors (Lipinski definition) is 4. The second kappa shape index (κ2) is 4.90. The molecule has 1 aliphatic heterocycles. The fraction of sp³-hybridized carbons (Fsp3) is 0.0667. The van der Waals surface area contributed by atoms with Gasteiger partial charge in [-0.05, 0) is 24.3 Å². The molecule has 1 aromatic heterocycles. The smallest absolute Gasteiger partial charge is 0.190 e. The average molecular weight is 268 g/mol. The van der Waals surface area contributed by atoms with Crippen molar-refractivity contribution in [3.8, 4) is 0 Å². The number of hydrogen-bond donors (Lipinski definition) is 0. The van der Waals surface area contributed by atoms with E-state index in [2.05, 4.69) is 17.1 Å². The molecule has 0 saturated heterocycles. The summed E-state index contributed by atoms with van der Waals surface area (Å²) in [5.74, 6) is -0.0183. The number of carbonyl (C=O) groups is 1. The number of pyridine rings is 1. The molecule has 3 nitrogen and oxygen atoms in total. The van der Waals surface area contributed by atoms with E-state index in [9.17, 15) is 4.79 Å². The van der Waals surface area contributed by atoms with E-state index in [0.29, 0.717) is 5.56 Å². The van der Waals surface area contributed by atoms with Gasteiger partial charge in [-0.3, -0.25) is 9.78 Å². The van der Waals surface area contributed by atoms with Crippen LogP contribution < -0.4 is 4.90 Å². The van der Waals surface area contributed by atoms with Crippen LogP contribution in [0.25, 0.3) is 0 Å². The summed E-state index contributed by atoms with van der Waals surface area (Å²) in [4.78, 5) is 19.3. The fourth-order valence-corrected chi connectivity index (χ4v) is 3.03.